The van der Waals surface area contributed by atoms with E-state index in [1.165, 1.54) is 6.07 Å². The van der Waals surface area contributed by atoms with Crippen LogP contribution in [0.2, 0.25) is 5.04 Å². The Balaban J connectivity index is 1.47. The number of aromatic amines is 1. The number of amides is 2. The summed E-state index contributed by atoms with van der Waals surface area (Å²) >= 11 is 0. The van der Waals surface area contributed by atoms with Crippen LogP contribution in [0.4, 0.5) is 9.18 Å². The van der Waals surface area contributed by atoms with Gasteiger partial charge in [0.2, 0.25) is 0 Å². The summed E-state index contributed by atoms with van der Waals surface area (Å²) in [4.78, 5) is 32.5. The Hall–Kier alpha value is -4.48. The zero-order valence-corrected chi connectivity index (χ0v) is 28.0. The van der Waals surface area contributed by atoms with Crippen molar-refractivity contribution < 1.29 is 23.1 Å². The molecule has 0 aliphatic carbocycles. The number of carbonyl (C=O) groups is 2. The van der Waals surface area contributed by atoms with Crippen LogP contribution < -0.4 is 16.1 Å². The number of hydrogen-bond donors (Lipinski definition) is 2. The molecule has 6 rings (SSSR count). The Bertz CT molecular complexity index is 1870. The maximum Gasteiger partial charge on any atom is 0.410 e. The van der Waals surface area contributed by atoms with E-state index in [1.807, 2.05) is 57.2 Å². The van der Waals surface area contributed by atoms with Gasteiger partial charge in [-0.25, -0.2) is 18.7 Å². The standard InChI is InChI=1S/C35H40FN5O4Si/c1-34(2,3)44-33(43)40-21-23(45-46(35(4,5)6,24-13-9-7-10-14-24)25-15-11-8-12-16-25)19-29(40)27-20-38-41-30-26(31(37)42)17-22(36)18-28(30)39-32(27)41/h7-18,20,23,29,38H,19,21H2,1-6H3,(H2,37,42). The minimum absolute atomic E-state index is 0.0132. The van der Waals surface area contributed by atoms with Crippen molar-refractivity contribution in [1.29, 1.82) is 0 Å². The molecular formula is C35H40FN5O4Si. The summed E-state index contributed by atoms with van der Waals surface area (Å²) in [5.74, 6) is -1.38. The molecule has 1 aliphatic rings. The Morgan fingerprint density at radius 1 is 0.978 bits per heavy atom. The molecule has 2 amide bonds. The lowest BCUT2D eigenvalue weighted by Crippen LogP contribution is -2.67. The van der Waals surface area contributed by atoms with Gasteiger partial charge in [0.25, 0.3) is 14.2 Å². The number of primary amides is 1. The maximum atomic E-state index is 14.5. The van der Waals surface area contributed by atoms with Gasteiger partial charge in [-0.1, -0.05) is 81.4 Å². The number of imidazole rings is 1. The van der Waals surface area contributed by atoms with E-state index in [0.717, 1.165) is 16.4 Å². The lowest BCUT2D eigenvalue weighted by Gasteiger charge is -2.44. The van der Waals surface area contributed by atoms with Gasteiger partial charge in [-0.15, -0.1) is 0 Å². The number of nitrogens with one attached hydrogen (secondary N) is 1. The predicted molar refractivity (Wildman–Crippen MR) is 178 cm³/mol. The van der Waals surface area contributed by atoms with Crippen molar-refractivity contribution in [1.82, 2.24) is 19.5 Å². The largest absolute Gasteiger partial charge is 0.444 e. The van der Waals surface area contributed by atoms with Crippen molar-refractivity contribution in [3.63, 3.8) is 0 Å². The molecular weight excluding hydrogens is 602 g/mol. The van der Waals surface area contributed by atoms with E-state index < -0.39 is 37.8 Å². The zero-order valence-electron chi connectivity index (χ0n) is 27.0. The van der Waals surface area contributed by atoms with Crippen LogP contribution in [0.5, 0.6) is 0 Å². The maximum absolute atomic E-state index is 14.5. The molecule has 0 bridgehead atoms. The molecule has 240 valence electrons. The molecule has 3 N–H and O–H groups in total. The van der Waals surface area contributed by atoms with Gasteiger partial charge in [-0.2, -0.15) is 0 Å². The molecule has 1 fully saturated rings. The molecule has 3 aromatic carbocycles. The van der Waals surface area contributed by atoms with E-state index in [0.29, 0.717) is 29.7 Å². The number of ether oxygens (including phenoxy) is 1. The number of fused-ring (bicyclic) bond motifs is 3. The van der Waals surface area contributed by atoms with Crippen LogP contribution in [-0.4, -0.2) is 58.1 Å². The number of rotatable bonds is 6. The molecule has 3 heterocycles. The fraction of sp³-hybridized carbons (Fsp3) is 0.343. The first kappa shape index (κ1) is 31.5. The molecule has 11 heteroatoms. The van der Waals surface area contributed by atoms with Crippen LogP contribution in [0.1, 0.15) is 69.9 Å². The van der Waals surface area contributed by atoms with E-state index >= 15 is 0 Å². The molecule has 1 aliphatic heterocycles. The van der Waals surface area contributed by atoms with E-state index in [-0.39, 0.29) is 22.2 Å². The molecule has 2 atom stereocenters. The number of likely N-dealkylation sites (tertiary alicyclic amines) is 1. The van der Waals surface area contributed by atoms with Gasteiger partial charge < -0.3 is 14.9 Å². The zero-order chi connectivity index (χ0) is 33.0. The summed E-state index contributed by atoms with van der Waals surface area (Å²) in [6, 6.07) is 22.7. The number of halogens is 1. The highest BCUT2D eigenvalue weighted by Gasteiger charge is 2.53. The summed E-state index contributed by atoms with van der Waals surface area (Å²) in [7, 11) is -2.95. The Morgan fingerprint density at radius 2 is 1.59 bits per heavy atom. The average molecular weight is 642 g/mol. The average Bonchev–Trinajstić information content (AvgIpc) is 3.68. The number of nitrogens with two attached hydrogens (primary N) is 1. The Morgan fingerprint density at radius 3 is 2.13 bits per heavy atom. The third kappa shape index (κ3) is 5.47. The Labute approximate surface area is 268 Å². The number of benzene rings is 3. The van der Waals surface area contributed by atoms with Crippen LogP contribution in [-0.2, 0) is 9.16 Å². The highest BCUT2D eigenvalue weighted by molar-refractivity contribution is 6.99. The normalized spacial score (nSPS) is 17.6. The lowest BCUT2D eigenvalue weighted by atomic mass is 10.1. The molecule has 9 nitrogen and oxygen atoms in total. The van der Waals surface area contributed by atoms with Crippen molar-refractivity contribution in [2.24, 2.45) is 5.73 Å². The third-order valence-corrected chi connectivity index (χ3v) is 13.7. The first-order chi connectivity index (χ1) is 21.7. The minimum Gasteiger partial charge on any atom is -0.444 e. The van der Waals surface area contributed by atoms with Gasteiger partial charge in [0.15, 0.2) is 5.65 Å². The quantitative estimate of drug-likeness (QED) is 0.232. The first-order valence-electron chi connectivity index (χ1n) is 15.5. The molecule has 2 aromatic heterocycles. The number of carbonyl (C=O) groups excluding carboxylic acids is 2. The fourth-order valence-electron chi connectivity index (χ4n) is 6.77. The van der Waals surface area contributed by atoms with Crippen molar-refractivity contribution in [3.05, 3.63) is 95.9 Å². The van der Waals surface area contributed by atoms with Gasteiger partial charge in [0.05, 0.1) is 23.2 Å². The van der Waals surface area contributed by atoms with Crippen LogP contribution >= 0.6 is 0 Å². The summed E-state index contributed by atoms with van der Waals surface area (Å²) in [5.41, 5.74) is 6.73. The van der Waals surface area contributed by atoms with Crippen LogP contribution in [0.3, 0.4) is 0 Å². The first-order valence-corrected chi connectivity index (χ1v) is 17.4. The number of nitrogens with zero attached hydrogens (tertiary/aromatic N) is 3. The van der Waals surface area contributed by atoms with E-state index in [4.69, 9.17) is 19.9 Å². The summed E-state index contributed by atoms with van der Waals surface area (Å²) in [6.07, 6.45) is 1.42. The van der Waals surface area contributed by atoms with Gasteiger partial charge in [-0.05, 0) is 48.7 Å². The van der Waals surface area contributed by atoms with Crippen molar-refractivity contribution in [2.45, 2.75) is 70.7 Å². The molecule has 1 saturated heterocycles. The smallest absolute Gasteiger partial charge is 0.410 e. The van der Waals surface area contributed by atoms with Crippen LogP contribution in [0.15, 0.2) is 79.0 Å². The molecule has 5 aromatic rings. The van der Waals surface area contributed by atoms with E-state index in [2.05, 4.69) is 50.1 Å². The number of hydrogen-bond acceptors (Lipinski definition) is 5. The summed E-state index contributed by atoms with van der Waals surface area (Å²) in [6.45, 7) is 12.5. The van der Waals surface area contributed by atoms with Crippen LogP contribution in [0.25, 0.3) is 16.7 Å². The van der Waals surface area contributed by atoms with Crippen LogP contribution in [0, 0.1) is 5.82 Å². The third-order valence-electron chi connectivity index (χ3n) is 8.60. The molecule has 46 heavy (non-hydrogen) atoms. The molecule has 0 spiro atoms. The second kappa shape index (κ2) is 11.4. The second-order valence-corrected chi connectivity index (χ2v) is 18.2. The second-order valence-electron chi connectivity index (χ2n) is 14.0. The van der Waals surface area contributed by atoms with Gasteiger partial charge in [-0.3, -0.25) is 14.8 Å². The lowest BCUT2D eigenvalue weighted by molar-refractivity contribution is 0.0210. The van der Waals surface area contributed by atoms with Crippen molar-refractivity contribution in [2.75, 3.05) is 6.54 Å². The predicted octanol–water partition coefficient (Wildman–Crippen LogP) is 5.68. The van der Waals surface area contributed by atoms with Gasteiger partial charge in [0, 0.05) is 24.4 Å². The number of aromatic nitrogens is 3. The highest BCUT2D eigenvalue weighted by atomic mass is 28.4. The number of H-pyrrole nitrogens is 1. The SMILES string of the molecule is CC(C)(C)OC(=O)N1CC(O[Si](c2ccccc2)(c2ccccc2)C(C)(C)C)CC1c1c[nH]n2c1nc1cc(F)cc(C(N)=O)c12. The van der Waals surface area contributed by atoms with E-state index in [9.17, 15) is 14.0 Å². The molecule has 0 saturated carbocycles. The molecule has 0 radical (unpaired) electrons. The topological polar surface area (TPSA) is 115 Å². The monoisotopic (exact) mass is 641 g/mol. The van der Waals surface area contributed by atoms with E-state index in [1.54, 1.807) is 15.6 Å². The minimum atomic E-state index is -2.95. The van der Waals surface area contributed by atoms with Gasteiger partial charge in [0.1, 0.15) is 16.9 Å². The molecule has 2 unspecified atom stereocenters. The van der Waals surface area contributed by atoms with Crippen molar-refractivity contribution >= 4 is 47.4 Å². The summed E-state index contributed by atoms with van der Waals surface area (Å²) < 4.78 is 29.4. The highest BCUT2D eigenvalue weighted by Crippen LogP contribution is 2.43. The fourth-order valence-corrected chi connectivity index (χ4v) is 11.5. The van der Waals surface area contributed by atoms with Gasteiger partial charge >= 0.3 is 6.09 Å². The van der Waals surface area contributed by atoms with Crippen molar-refractivity contribution in [3.8, 4) is 0 Å². The summed E-state index contributed by atoms with van der Waals surface area (Å²) in [5, 5.41) is 5.19. The Kier molecular flexibility index (Phi) is 7.80.